The highest BCUT2D eigenvalue weighted by Gasteiger charge is 2.56. The van der Waals surface area contributed by atoms with E-state index in [9.17, 15) is 18.3 Å². The molecule has 2 nitrogen and oxygen atoms in total. The molecule has 1 atom stereocenters. The molecule has 0 aliphatic carbocycles. The summed E-state index contributed by atoms with van der Waals surface area (Å²) in [4.78, 5) is 3.65. The van der Waals surface area contributed by atoms with E-state index in [1.54, 1.807) is 0 Å². The van der Waals surface area contributed by atoms with E-state index in [-0.39, 0.29) is 11.1 Å². The van der Waals surface area contributed by atoms with E-state index in [2.05, 4.69) is 4.98 Å². The van der Waals surface area contributed by atoms with Crippen molar-refractivity contribution in [3.8, 4) is 0 Å². The lowest BCUT2D eigenvalue weighted by atomic mass is 9.86. The molecule has 1 aromatic heterocycles. The van der Waals surface area contributed by atoms with Crippen molar-refractivity contribution in [2.24, 2.45) is 0 Å². The van der Waals surface area contributed by atoms with Gasteiger partial charge < -0.3 is 5.11 Å². The Balaban J connectivity index is 2.63. The Morgan fingerprint density at radius 3 is 1.84 bits per heavy atom. The Labute approximate surface area is 112 Å². The van der Waals surface area contributed by atoms with E-state index >= 15 is 0 Å². The molecule has 1 aromatic carbocycles. The molecule has 2 rings (SSSR count). The van der Waals surface area contributed by atoms with Crippen LogP contribution in [-0.2, 0) is 5.60 Å². The van der Waals surface area contributed by atoms with E-state index in [4.69, 9.17) is 11.6 Å². The maximum absolute atomic E-state index is 13.3. The van der Waals surface area contributed by atoms with Gasteiger partial charge in [0.25, 0.3) is 0 Å². The highest BCUT2D eigenvalue weighted by Crippen LogP contribution is 2.44. The predicted octanol–water partition coefficient (Wildman–Crippen LogP) is 3.53. The standard InChI is InChI=1S/C13H9ClF3NO/c14-11-3-1-9(2-4-11)12(19,13(15,16)17)10-5-7-18-8-6-10/h1-8,19H. The smallest absolute Gasteiger partial charge is 0.372 e. The Bertz CT molecular complexity index is 556. The molecule has 0 bridgehead atoms. The fourth-order valence-electron chi connectivity index (χ4n) is 1.78. The average molecular weight is 288 g/mol. The summed E-state index contributed by atoms with van der Waals surface area (Å²) in [5.74, 6) is 0. The van der Waals surface area contributed by atoms with Crippen molar-refractivity contribution in [3.05, 3.63) is 64.9 Å². The summed E-state index contributed by atoms with van der Waals surface area (Å²) in [6, 6.07) is 7.15. The molecular weight excluding hydrogens is 279 g/mol. The molecule has 0 saturated carbocycles. The maximum Gasteiger partial charge on any atom is 0.425 e. The zero-order valence-electron chi connectivity index (χ0n) is 9.53. The first kappa shape index (κ1) is 13.8. The Kier molecular flexibility index (Phi) is 3.52. The van der Waals surface area contributed by atoms with Crippen molar-refractivity contribution in [1.82, 2.24) is 4.98 Å². The number of halogens is 4. The molecule has 0 radical (unpaired) electrons. The minimum Gasteiger partial charge on any atom is -0.372 e. The van der Waals surface area contributed by atoms with Gasteiger partial charge in [0, 0.05) is 23.0 Å². The van der Waals surface area contributed by atoms with Gasteiger partial charge in [-0.2, -0.15) is 13.2 Å². The van der Waals surface area contributed by atoms with E-state index in [1.807, 2.05) is 0 Å². The molecular formula is C13H9ClF3NO. The second-order valence-corrected chi connectivity index (χ2v) is 4.39. The van der Waals surface area contributed by atoms with Crippen LogP contribution in [0.15, 0.2) is 48.8 Å². The SMILES string of the molecule is OC(c1ccncc1)(c1ccc(Cl)cc1)C(F)(F)F. The van der Waals surface area contributed by atoms with E-state index in [0.717, 1.165) is 24.3 Å². The number of aromatic nitrogens is 1. The second-order valence-electron chi connectivity index (χ2n) is 3.95. The first-order valence-corrected chi connectivity index (χ1v) is 5.69. The third kappa shape index (κ3) is 2.43. The molecule has 0 spiro atoms. The number of benzene rings is 1. The Hall–Kier alpha value is -1.59. The minimum atomic E-state index is -4.86. The van der Waals surface area contributed by atoms with E-state index in [1.165, 1.54) is 24.5 Å². The van der Waals surface area contributed by atoms with Crippen LogP contribution in [0, 0.1) is 0 Å². The molecule has 1 N–H and O–H groups in total. The molecule has 2 aromatic rings. The largest absolute Gasteiger partial charge is 0.425 e. The molecule has 0 saturated heterocycles. The quantitative estimate of drug-likeness (QED) is 0.916. The van der Waals surface area contributed by atoms with Crippen LogP contribution in [0.2, 0.25) is 5.02 Å². The summed E-state index contributed by atoms with van der Waals surface area (Å²) < 4.78 is 39.8. The summed E-state index contributed by atoms with van der Waals surface area (Å²) in [6.45, 7) is 0. The zero-order chi connectivity index (χ0) is 14.1. The molecule has 19 heavy (non-hydrogen) atoms. The third-order valence-corrected chi connectivity index (χ3v) is 3.02. The van der Waals surface area contributed by atoms with Crippen molar-refractivity contribution >= 4 is 11.6 Å². The van der Waals surface area contributed by atoms with Crippen molar-refractivity contribution < 1.29 is 18.3 Å². The maximum atomic E-state index is 13.3. The predicted molar refractivity (Wildman–Crippen MR) is 64.7 cm³/mol. The minimum absolute atomic E-state index is 0.294. The van der Waals surface area contributed by atoms with Gasteiger partial charge in [0.2, 0.25) is 5.60 Å². The van der Waals surface area contributed by atoms with Gasteiger partial charge in [-0.05, 0) is 29.8 Å². The monoisotopic (exact) mass is 287 g/mol. The fourth-order valence-corrected chi connectivity index (χ4v) is 1.90. The van der Waals surface area contributed by atoms with Crippen molar-refractivity contribution in [3.63, 3.8) is 0 Å². The lowest BCUT2D eigenvalue weighted by molar-refractivity contribution is -0.248. The first-order chi connectivity index (χ1) is 8.85. The highest BCUT2D eigenvalue weighted by molar-refractivity contribution is 6.30. The van der Waals surface area contributed by atoms with Crippen LogP contribution in [0.5, 0.6) is 0 Å². The van der Waals surface area contributed by atoms with Gasteiger partial charge in [-0.25, -0.2) is 0 Å². The molecule has 0 fully saturated rings. The number of alkyl halides is 3. The van der Waals surface area contributed by atoms with Crippen LogP contribution in [0.25, 0.3) is 0 Å². The van der Waals surface area contributed by atoms with E-state index < -0.39 is 11.8 Å². The third-order valence-electron chi connectivity index (χ3n) is 2.77. The van der Waals surface area contributed by atoms with Crippen LogP contribution >= 0.6 is 11.6 Å². The van der Waals surface area contributed by atoms with Crippen LogP contribution in [0.4, 0.5) is 13.2 Å². The van der Waals surface area contributed by atoms with Crippen molar-refractivity contribution in [1.29, 1.82) is 0 Å². The van der Waals surface area contributed by atoms with Gasteiger partial charge in [-0.15, -0.1) is 0 Å². The first-order valence-electron chi connectivity index (χ1n) is 5.31. The van der Waals surface area contributed by atoms with Crippen LogP contribution in [0.1, 0.15) is 11.1 Å². The number of hydrogen-bond acceptors (Lipinski definition) is 2. The summed E-state index contributed by atoms with van der Waals surface area (Å²) in [6.07, 6.45) is -2.47. The molecule has 1 heterocycles. The number of rotatable bonds is 2. The summed E-state index contributed by atoms with van der Waals surface area (Å²) in [5.41, 5.74) is -3.67. The highest BCUT2D eigenvalue weighted by atomic mass is 35.5. The van der Waals surface area contributed by atoms with Crippen LogP contribution < -0.4 is 0 Å². The lowest BCUT2D eigenvalue weighted by Crippen LogP contribution is -2.43. The van der Waals surface area contributed by atoms with Crippen LogP contribution in [-0.4, -0.2) is 16.3 Å². The van der Waals surface area contributed by atoms with E-state index in [0.29, 0.717) is 5.02 Å². The summed E-state index contributed by atoms with van der Waals surface area (Å²) in [7, 11) is 0. The molecule has 0 aliphatic rings. The van der Waals surface area contributed by atoms with Gasteiger partial charge in [-0.1, -0.05) is 23.7 Å². The number of pyridine rings is 1. The number of hydrogen-bond donors (Lipinski definition) is 1. The Morgan fingerprint density at radius 2 is 1.37 bits per heavy atom. The second kappa shape index (κ2) is 4.83. The topological polar surface area (TPSA) is 33.1 Å². The van der Waals surface area contributed by atoms with Gasteiger partial charge >= 0.3 is 6.18 Å². The number of aliphatic hydroxyl groups is 1. The van der Waals surface area contributed by atoms with Gasteiger partial charge in [-0.3, -0.25) is 4.98 Å². The van der Waals surface area contributed by atoms with Gasteiger partial charge in [0.05, 0.1) is 0 Å². The normalized spacial score (nSPS) is 15.0. The lowest BCUT2D eigenvalue weighted by Gasteiger charge is -2.31. The zero-order valence-corrected chi connectivity index (χ0v) is 10.3. The summed E-state index contributed by atoms with van der Waals surface area (Å²) in [5, 5.41) is 10.5. The Morgan fingerprint density at radius 1 is 0.895 bits per heavy atom. The van der Waals surface area contributed by atoms with Gasteiger partial charge in [0.15, 0.2) is 0 Å². The van der Waals surface area contributed by atoms with Crippen molar-refractivity contribution in [2.45, 2.75) is 11.8 Å². The average Bonchev–Trinajstić information content (AvgIpc) is 2.38. The molecule has 100 valence electrons. The van der Waals surface area contributed by atoms with Gasteiger partial charge in [0.1, 0.15) is 0 Å². The molecule has 6 heteroatoms. The summed E-state index contributed by atoms with van der Waals surface area (Å²) >= 11 is 5.65. The molecule has 1 unspecified atom stereocenters. The van der Waals surface area contributed by atoms with Crippen molar-refractivity contribution in [2.75, 3.05) is 0 Å². The fraction of sp³-hybridized carbons (Fsp3) is 0.154. The van der Waals surface area contributed by atoms with Crippen LogP contribution in [0.3, 0.4) is 0 Å². The molecule has 0 amide bonds. The number of nitrogens with zero attached hydrogens (tertiary/aromatic N) is 1. The molecule has 0 aliphatic heterocycles.